The van der Waals surface area contributed by atoms with Crippen LogP contribution < -0.4 is 0 Å². The van der Waals surface area contributed by atoms with E-state index in [-0.39, 0.29) is 34.4 Å². The third-order valence-corrected chi connectivity index (χ3v) is 4.83. The minimum absolute atomic E-state index is 0.0333. The van der Waals surface area contributed by atoms with Crippen LogP contribution in [0, 0.1) is 5.92 Å². The first-order chi connectivity index (χ1) is 10.1. The van der Waals surface area contributed by atoms with Crippen LogP contribution >= 0.6 is 11.8 Å². The Labute approximate surface area is 127 Å². The zero-order valence-corrected chi connectivity index (χ0v) is 13.2. The van der Waals surface area contributed by atoms with Gasteiger partial charge in [0.25, 0.3) is 0 Å². The highest BCUT2D eigenvalue weighted by atomic mass is 32.2. The quantitative estimate of drug-likeness (QED) is 0.548. The minimum Gasteiger partial charge on any atom is -0.464 e. The summed E-state index contributed by atoms with van der Waals surface area (Å²) in [5, 5.41) is -0.185. The van der Waals surface area contributed by atoms with Crippen molar-refractivity contribution in [3.8, 4) is 0 Å². The average molecular weight is 313 g/mol. The first-order valence-corrected chi connectivity index (χ1v) is 7.94. The standard InChI is InChI=1S/C14H19NO5S/c1-4-6-8-11(16)15-9(13(17)19-3)10(21-12(8)15)14(18)20-7-5-2/h8,12H,4-7H2,1-3H3/t8-,12+/m0/s1. The fourth-order valence-corrected chi connectivity index (χ4v) is 3.87. The molecule has 0 aromatic carbocycles. The van der Waals surface area contributed by atoms with Crippen LogP contribution in [-0.4, -0.2) is 41.8 Å². The predicted molar refractivity (Wildman–Crippen MR) is 76.9 cm³/mol. The number of β-lactam (4-membered cyclic amide) rings is 1. The normalized spacial score (nSPS) is 23.8. The molecule has 7 heteroatoms. The summed E-state index contributed by atoms with van der Waals surface area (Å²) in [4.78, 5) is 37.7. The maximum absolute atomic E-state index is 12.2. The number of rotatable bonds is 6. The van der Waals surface area contributed by atoms with Crippen molar-refractivity contribution < 1.29 is 23.9 Å². The molecule has 1 amide bonds. The van der Waals surface area contributed by atoms with E-state index >= 15 is 0 Å². The molecule has 0 radical (unpaired) electrons. The molecule has 6 nitrogen and oxygen atoms in total. The van der Waals surface area contributed by atoms with Crippen molar-refractivity contribution in [3.63, 3.8) is 0 Å². The number of amides is 1. The van der Waals surface area contributed by atoms with Gasteiger partial charge in [0.1, 0.15) is 4.91 Å². The largest absolute Gasteiger partial charge is 0.464 e. The van der Waals surface area contributed by atoms with Gasteiger partial charge in [-0.15, -0.1) is 0 Å². The number of hydrogen-bond acceptors (Lipinski definition) is 6. The van der Waals surface area contributed by atoms with E-state index in [1.807, 2.05) is 13.8 Å². The Morgan fingerprint density at radius 2 is 1.95 bits per heavy atom. The highest BCUT2D eigenvalue weighted by Gasteiger charge is 2.57. The van der Waals surface area contributed by atoms with Crippen molar-refractivity contribution in [2.45, 2.75) is 38.5 Å². The van der Waals surface area contributed by atoms with Gasteiger partial charge in [0.05, 0.1) is 25.0 Å². The minimum atomic E-state index is -0.670. The molecule has 2 heterocycles. The van der Waals surface area contributed by atoms with E-state index in [9.17, 15) is 14.4 Å². The van der Waals surface area contributed by atoms with Gasteiger partial charge >= 0.3 is 11.9 Å². The van der Waals surface area contributed by atoms with E-state index in [4.69, 9.17) is 9.47 Å². The first kappa shape index (κ1) is 15.9. The predicted octanol–water partition coefficient (Wildman–Crippen LogP) is 1.66. The zero-order chi connectivity index (χ0) is 15.6. The van der Waals surface area contributed by atoms with Crippen LogP contribution in [0.1, 0.15) is 33.1 Å². The molecule has 2 aliphatic rings. The van der Waals surface area contributed by atoms with Crippen LogP contribution in [0.15, 0.2) is 10.6 Å². The third-order valence-electron chi connectivity index (χ3n) is 3.45. The van der Waals surface area contributed by atoms with Crippen molar-refractivity contribution in [1.29, 1.82) is 0 Å². The van der Waals surface area contributed by atoms with Crippen LogP contribution in [0.25, 0.3) is 0 Å². The molecule has 0 aliphatic carbocycles. The molecule has 0 aromatic heterocycles. The van der Waals surface area contributed by atoms with Gasteiger partial charge < -0.3 is 9.47 Å². The number of carbonyl (C=O) groups is 3. The molecule has 1 fully saturated rings. The second-order valence-corrected chi connectivity index (χ2v) is 6.04. The van der Waals surface area contributed by atoms with Crippen molar-refractivity contribution >= 4 is 29.6 Å². The molecule has 0 aromatic rings. The van der Waals surface area contributed by atoms with Crippen molar-refractivity contribution in [1.82, 2.24) is 4.90 Å². The maximum Gasteiger partial charge on any atom is 0.356 e. The molecule has 116 valence electrons. The van der Waals surface area contributed by atoms with Gasteiger partial charge in [-0.25, -0.2) is 9.59 Å². The summed E-state index contributed by atoms with van der Waals surface area (Å²) >= 11 is 1.23. The van der Waals surface area contributed by atoms with E-state index < -0.39 is 11.9 Å². The number of carbonyl (C=O) groups excluding carboxylic acids is 3. The molecule has 0 spiro atoms. The second kappa shape index (κ2) is 6.51. The van der Waals surface area contributed by atoms with Crippen LogP contribution in [-0.2, 0) is 23.9 Å². The fourth-order valence-electron chi connectivity index (χ4n) is 2.45. The Hall–Kier alpha value is -1.50. The summed E-state index contributed by atoms with van der Waals surface area (Å²) in [7, 11) is 1.23. The van der Waals surface area contributed by atoms with Gasteiger partial charge in [-0.2, -0.15) is 0 Å². The van der Waals surface area contributed by atoms with Crippen molar-refractivity contribution in [2.75, 3.05) is 13.7 Å². The van der Waals surface area contributed by atoms with Gasteiger partial charge in [0.2, 0.25) is 5.91 Å². The summed E-state index contributed by atoms with van der Waals surface area (Å²) in [6, 6.07) is 0. The number of methoxy groups -OCH3 is 1. The van der Waals surface area contributed by atoms with Gasteiger partial charge in [0, 0.05) is 0 Å². The SMILES string of the molecule is CCCOC(=O)C1=C(C(=O)OC)N2C(=O)[C@H](CCC)[C@H]2S1. The molecule has 0 bridgehead atoms. The molecular formula is C14H19NO5S. The molecule has 0 saturated carbocycles. The van der Waals surface area contributed by atoms with E-state index in [1.165, 1.54) is 23.8 Å². The van der Waals surface area contributed by atoms with Crippen LogP contribution in [0.5, 0.6) is 0 Å². The molecule has 0 N–H and O–H groups in total. The Morgan fingerprint density at radius 1 is 1.24 bits per heavy atom. The lowest BCUT2D eigenvalue weighted by Gasteiger charge is -2.42. The Kier molecular flexibility index (Phi) is 4.92. The number of hydrogen-bond donors (Lipinski definition) is 0. The summed E-state index contributed by atoms with van der Waals surface area (Å²) in [5.41, 5.74) is 0.0333. The smallest absolute Gasteiger partial charge is 0.356 e. The van der Waals surface area contributed by atoms with Gasteiger partial charge in [-0.3, -0.25) is 9.69 Å². The monoisotopic (exact) mass is 313 g/mol. The van der Waals surface area contributed by atoms with Crippen molar-refractivity contribution in [2.24, 2.45) is 5.92 Å². The number of fused-ring (bicyclic) bond motifs is 1. The Bertz CT molecular complexity index is 502. The maximum atomic E-state index is 12.2. The van der Waals surface area contributed by atoms with Gasteiger partial charge in [-0.05, 0) is 12.8 Å². The lowest BCUT2D eigenvalue weighted by atomic mass is 9.92. The summed E-state index contributed by atoms with van der Waals surface area (Å²) in [6.07, 6.45) is 2.32. The van der Waals surface area contributed by atoms with E-state index in [2.05, 4.69) is 0 Å². The zero-order valence-electron chi connectivity index (χ0n) is 12.4. The number of esters is 2. The topological polar surface area (TPSA) is 72.9 Å². The molecule has 0 unspecified atom stereocenters. The van der Waals surface area contributed by atoms with E-state index in [0.717, 1.165) is 12.8 Å². The second-order valence-electron chi connectivity index (χ2n) is 4.92. The Morgan fingerprint density at radius 3 is 2.52 bits per heavy atom. The van der Waals surface area contributed by atoms with Crippen LogP contribution in [0.2, 0.25) is 0 Å². The average Bonchev–Trinajstić information content (AvgIpc) is 2.85. The lowest BCUT2D eigenvalue weighted by molar-refractivity contribution is -0.153. The molecule has 2 aliphatic heterocycles. The molecule has 2 rings (SSSR count). The number of ether oxygens (including phenoxy) is 2. The van der Waals surface area contributed by atoms with E-state index in [0.29, 0.717) is 6.42 Å². The van der Waals surface area contributed by atoms with Crippen LogP contribution in [0.4, 0.5) is 0 Å². The number of thioether (sulfide) groups is 1. The summed E-state index contributed by atoms with van der Waals surface area (Å²) in [5.74, 6) is -1.49. The third kappa shape index (κ3) is 2.66. The molecule has 21 heavy (non-hydrogen) atoms. The highest BCUT2D eigenvalue weighted by molar-refractivity contribution is 8.05. The molecule has 1 saturated heterocycles. The lowest BCUT2D eigenvalue weighted by Crippen LogP contribution is -2.57. The van der Waals surface area contributed by atoms with Crippen LogP contribution in [0.3, 0.4) is 0 Å². The summed E-state index contributed by atoms with van der Waals surface area (Å²) < 4.78 is 9.79. The van der Waals surface area contributed by atoms with E-state index in [1.54, 1.807) is 0 Å². The fraction of sp³-hybridized carbons (Fsp3) is 0.643. The first-order valence-electron chi connectivity index (χ1n) is 7.06. The highest BCUT2D eigenvalue weighted by Crippen LogP contribution is 2.51. The number of nitrogens with zero attached hydrogens (tertiary/aromatic N) is 1. The van der Waals surface area contributed by atoms with Crippen molar-refractivity contribution in [3.05, 3.63) is 10.6 Å². The van der Waals surface area contributed by atoms with Gasteiger partial charge in [0.15, 0.2) is 5.70 Å². The Balaban J connectivity index is 2.24. The van der Waals surface area contributed by atoms with Gasteiger partial charge in [-0.1, -0.05) is 32.0 Å². The molecule has 2 atom stereocenters. The molecular weight excluding hydrogens is 294 g/mol. The summed E-state index contributed by atoms with van der Waals surface area (Å²) in [6.45, 7) is 4.17.